The van der Waals surface area contributed by atoms with Crippen LogP contribution in [0.25, 0.3) is 4.91 Å². The predicted octanol–water partition coefficient (Wildman–Crippen LogP) is 5.87. The molecule has 0 saturated carbocycles. The summed E-state index contributed by atoms with van der Waals surface area (Å²) in [5, 5.41) is 4.62. The van der Waals surface area contributed by atoms with Gasteiger partial charge in [-0.15, -0.1) is 11.8 Å². The third-order valence-electron chi connectivity index (χ3n) is 4.94. The van der Waals surface area contributed by atoms with Crippen molar-refractivity contribution < 1.29 is 0 Å². The van der Waals surface area contributed by atoms with Crippen LogP contribution in [0.2, 0.25) is 0 Å². The number of thiocarbonyl (C=S) groups is 1. The number of thioether (sulfide) groups is 1. The van der Waals surface area contributed by atoms with Gasteiger partial charge in [0.05, 0.1) is 11.5 Å². The Balaban J connectivity index is 1.80. The zero-order valence-corrected chi connectivity index (χ0v) is 18.6. The van der Waals surface area contributed by atoms with E-state index >= 15 is 0 Å². The fraction of sp³-hybridized carbons (Fsp3) is 0.0769. The van der Waals surface area contributed by atoms with E-state index in [4.69, 9.17) is 18.0 Å². The Morgan fingerprint density at radius 3 is 2.19 bits per heavy atom. The lowest BCUT2D eigenvalue weighted by Gasteiger charge is -2.28. The van der Waals surface area contributed by atoms with E-state index < -0.39 is 0 Å². The maximum absolute atomic E-state index is 5.55. The van der Waals surface area contributed by atoms with Crippen LogP contribution >= 0.6 is 24.0 Å². The van der Waals surface area contributed by atoms with Crippen LogP contribution in [0.4, 0.5) is 0 Å². The topological polar surface area (TPSA) is 50.4 Å². The van der Waals surface area contributed by atoms with Crippen LogP contribution in [-0.2, 0) is 6.42 Å². The summed E-state index contributed by atoms with van der Waals surface area (Å²) in [6.45, 7) is 0. The molecule has 0 spiro atoms. The average Bonchev–Trinajstić information content (AvgIpc) is 2.81. The van der Waals surface area contributed by atoms with E-state index in [1.807, 2.05) is 17.8 Å². The fourth-order valence-electron chi connectivity index (χ4n) is 3.57. The quantitative estimate of drug-likeness (QED) is 0.285. The summed E-state index contributed by atoms with van der Waals surface area (Å²) in [5.74, 6) is 0. The molecule has 1 atom stereocenters. The fourth-order valence-corrected chi connectivity index (χ4v) is 4.98. The third kappa shape index (κ3) is 5.51. The first-order valence-corrected chi connectivity index (χ1v) is 11.3. The van der Waals surface area contributed by atoms with Gasteiger partial charge in [0.25, 0.3) is 0 Å². The molecule has 31 heavy (non-hydrogen) atoms. The van der Waals surface area contributed by atoms with Crippen molar-refractivity contribution in [1.82, 2.24) is 5.43 Å². The molecule has 3 N–H and O–H groups in total. The van der Waals surface area contributed by atoms with Gasteiger partial charge in [0.15, 0.2) is 5.11 Å². The lowest BCUT2D eigenvalue weighted by Crippen LogP contribution is -2.24. The maximum Gasteiger partial charge on any atom is 0.184 e. The molecule has 0 fully saturated rings. The molecule has 0 amide bonds. The number of hydrogen-bond acceptors (Lipinski definition) is 3. The van der Waals surface area contributed by atoms with Crippen molar-refractivity contribution in [2.24, 2.45) is 10.8 Å². The highest BCUT2D eigenvalue weighted by Crippen LogP contribution is 2.49. The van der Waals surface area contributed by atoms with Gasteiger partial charge >= 0.3 is 0 Å². The van der Waals surface area contributed by atoms with Crippen molar-refractivity contribution in [3.8, 4) is 0 Å². The Kier molecular flexibility index (Phi) is 6.97. The van der Waals surface area contributed by atoms with Crippen molar-refractivity contribution in [1.29, 1.82) is 0 Å². The minimum atomic E-state index is 0.150. The summed E-state index contributed by atoms with van der Waals surface area (Å²) in [4.78, 5) is 1.18. The molecular formula is C26H23N3S2. The van der Waals surface area contributed by atoms with Crippen LogP contribution in [0.5, 0.6) is 0 Å². The highest BCUT2D eigenvalue weighted by molar-refractivity contribution is 8.08. The van der Waals surface area contributed by atoms with Crippen LogP contribution in [0.15, 0.2) is 113 Å². The largest absolute Gasteiger partial charge is 0.375 e. The second kappa shape index (κ2) is 10.2. The van der Waals surface area contributed by atoms with Crippen molar-refractivity contribution in [3.63, 3.8) is 0 Å². The molecule has 0 radical (unpaired) electrons. The van der Waals surface area contributed by atoms with E-state index in [0.29, 0.717) is 0 Å². The van der Waals surface area contributed by atoms with Crippen LogP contribution < -0.4 is 11.2 Å². The molecule has 1 heterocycles. The van der Waals surface area contributed by atoms with Gasteiger partial charge in [-0.1, -0.05) is 97.1 Å². The number of nitrogens with two attached hydrogens (primary N) is 1. The van der Waals surface area contributed by atoms with Crippen molar-refractivity contribution in [2.45, 2.75) is 11.7 Å². The molecule has 1 aliphatic heterocycles. The Morgan fingerprint density at radius 2 is 1.55 bits per heavy atom. The van der Waals surface area contributed by atoms with Gasteiger partial charge in [0.1, 0.15) is 0 Å². The van der Waals surface area contributed by atoms with E-state index in [0.717, 1.165) is 12.0 Å². The van der Waals surface area contributed by atoms with Gasteiger partial charge in [-0.3, -0.25) is 5.43 Å². The number of nitrogens with one attached hydrogen (secondary N) is 1. The number of benzene rings is 3. The standard InChI is InChI=1S/C26H23N3S2/c27-26(30)29-28-18-23-17-22(16-19-10-4-1-5-11-19)24(20-12-6-2-7-13-20)31-25(23)21-14-8-3-9-15-21/h1-15,17-18,24H,16H2,(H3,27,29,30)/b28-18+. The number of nitrogens with zero attached hydrogens (tertiary/aromatic N) is 1. The van der Waals surface area contributed by atoms with Gasteiger partial charge in [0, 0.05) is 10.5 Å². The Hall–Kier alpha value is -3.15. The van der Waals surface area contributed by atoms with Gasteiger partial charge < -0.3 is 5.73 Å². The monoisotopic (exact) mass is 441 g/mol. The molecule has 0 aliphatic carbocycles. The minimum absolute atomic E-state index is 0.150. The SMILES string of the molecule is NC(=S)N/N=C/C1=C(c2ccccc2)SC(c2ccccc2)C(Cc2ccccc2)=C1. The van der Waals surface area contributed by atoms with E-state index in [9.17, 15) is 0 Å². The molecular weight excluding hydrogens is 418 g/mol. The van der Waals surface area contributed by atoms with Crippen LogP contribution in [-0.4, -0.2) is 11.3 Å². The van der Waals surface area contributed by atoms with Crippen molar-refractivity contribution >= 4 is 40.2 Å². The molecule has 0 saturated heterocycles. The number of hydrogen-bond donors (Lipinski definition) is 2. The summed E-state index contributed by atoms with van der Waals surface area (Å²) >= 11 is 6.75. The Morgan fingerprint density at radius 1 is 0.935 bits per heavy atom. The van der Waals surface area contributed by atoms with Crippen LogP contribution in [0, 0.1) is 0 Å². The van der Waals surface area contributed by atoms with E-state index in [1.165, 1.54) is 27.2 Å². The molecule has 3 nitrogen and oxygen atoms in total. The molecule has 154 valence electrons. The summed E-state index contributed by atoms with van der Waals surface area (Å²) < 4.78 is 0. The Labute approximate surface area is 192 Å². The van der Waals surface area contributed by atoms with Crippen molar-refractivity contribution in [3.05, 3.63) is 125 Å². The number of hydrazone groups is 1. The molecule has 3 aromatic rings. The van der Waals surface area contributed by atoms with Gasteiger partial charge in [0.2, 0.25) is 0 Å². The molecule has 0 bridgehead atoms. The molecule has 5 heteroatoms. The lowest BCUT2D eigenvalue weighted by molar-refractivity contribution is 1.01. The van der Waals surface area contributed by atoms with E-state index in [-0.39, 0.29) is 10.4 Å². The normalized spacial score (nSPS) is 16.3. The minimum Gasteiger partial charge on any atom is -0.375 e. The summed E-state index contributed by atoms with van der Waals surface area (Å²) in [7, 11) is 0. The molecule has 4 rings (SSSR count). The highest BCUT2D eigenvalue weighted by Gasteiger charge is 2.26. The lowest BCUT2D eigenvalue weighted by atomic mass is 9.95. The van der Waals surface area contributed by atoms with Gasteiger partial charge in [-0.05, 0) is 40.9 Å². The van der Waals surface area contributed by atoms with E-state index in [1.54, 1.807) is 6.21 Å². The van der Waals surface area contributed by atoms with Gasteiger partial charge in [-0.25, -0.2) is 0 Å². The second-order valence-corrected chi connectivity index (χ2v) is 8.73. The molecule has 3 aromatic carbocycles. The third-order valence-corrected chi connectivity index (χ3v) is 6.55. The zero-order valence-electron chi connectivity index (χ0n) is 16.9. The first kappa shape index (κ1) is 21.1. The first-order chi connectivity index (χ1) is 15.2. The Bertz CT molecular complexity index is 1120. The average molecular weight is 442 g/mol. The maximum atomic E-state index is 5.55. The summed E-state index contributed by atoms with van der Waals surface area (Å²) in [5.41, 5.74) is 14.3. The number of rotatable bonds is 6. The first-order valence-electron chi connectivity index (χ1n) is 10.0. The van der Waals surface area contributed by atoms with Crippen LogP contribution in [0.1, 0.15) is 21.9 Å². The van der Waals surface area contributed by atoms with E-state index in [2.05, 4.69) is 102 Å². The molecule has 1 aliphatic rings. The molecule has 0 aromatic heterocycles. The van der Waals surface area contributed by atoms with Gasteiger partial charge in [-0.2, -0.15) is 5.10 Å². The number of allylic oxidation sites excluding steroid dienone is 2. The van der Waals surface area contributed by atoms with Crippen LogP contribution in [0.3, 0.4) is 0 Å². The highest BCUT2D eigenvalue weighted by atomic mass is 32.2. The predicted molar refractivity (Wildman–Crippen MR) is 137 cm³/mol. The smallest absolute Gasteiger partial charge is 0.184 e. The molecule has 1 unspecified atom stereocenters. The summed E-state index contributed by atoms with van der Waals surface area (Å²) in [6.07, 6.45) is 4.94. The zero-order chi connectivity index (χ0) is 21.5. The summed E-state index contributed by atoms with van der Waals surface area (Å²) in [6, 6.07) is 31.7. The second-order valence-electron chi connectivity index (χ2n) is 7.17. The van der Waals surface area contributed by atoms with Crippen molar-refractivity contribution in [2.75, 3.05) is 0 Å².